The van der Waals surface area contributed by atoms with Gasteiger partial charge in [-0.3, -0.25) is 19.4 Å². The quantitative estimate of drug-likeness (QED) is 0.121. The van der Waals surface area contributed by atoms with Gasteiger partial charge in [0.1, 0.15) is 30.2 Å². The third-order valence-corrected chi connectivity index (χ3v) is 15.2. The minimum Gasteiger partial charge on any atom is -0.461 e. The number of ether oxygens (including phenoxy) is 4. The number of aliphatic hydroxyl groups excluding tert-OH is 2. The van der Waals surface area contributed by atoms with Crippen molar-refractivity contribution >= 4 is 29.3 Å². The van der Waals surface area contributed by atoms with Gasteiger partial charge in [-0.25, -0.2) is 9.78 Å². The van der Waals surface area contributed by atoms with Crippen molar-refractivity contribution in [3.63, 3.8) is 0 Å². The molecule has 3 fully saturated rings. The number of hydrogen-bond acceptors (Lipinski definition) is 14. The summed E-state index contributed by atoms with van der Waals surface area (Å²) in [6.07, 6.45) is 19.5. The lowest BCUT2D eigenvalue weighted by Gasteiger charge is -2.43. The molecule has 15 nitrogen and oxygen atoms in total. The molecule has 4 N–H and O–H groups in total. The second-order valence-electron chi connectivity index (χ2n) is 20.7. The third-order valence-electron chi connectivity index (χ3n) is 15.2. The Balaban J connectivity index is 1.47. The maximum atomic E-state index is 14.5. The van der Waals surface area contributed by atoms with Crippen LogP contribution in [0.5, 0.6) is 0 Å². The largest absolute Gasteiger partial charge is 0.461 e. The maximum absolute atomic E-state index is 14.5. The highest BCUT2D eigenvalue weighted by molar-refractivity contribution is 6.39. The van der Waals surface area contributed by atoms with E-state index >= 15 is 0 Å². The molecule has 3 aliphatic heterocycles. The highest BCUT2D eigenvalue weighted by Crippen LogP contribution is 2.38. The van der Waals surface area contributed by atoms with Crippen LogP contribution in [0.2, 0.25) is 0 Å². The molecule has 1 aromatic heterocycles. The molecular formula is C54H82N4O11. The van der Waals surface area contributed by atoms with Crippen LogP contribution in [0.3, 0.4) is 0 Å². The molecule has 1 amide bonds. The van der Waals surface area contributed by atoms with Gasteiger partial charge in [0.05, 0.1) is 30.6 Å². The topological polar surface area (TPSA) is 207 Å². The number of piperidine rings is 1. The number of nitrogens with zero attached hydrogens (tertiary/aromatic N) is 3. The molecule has 2 saturated heterocycles. The first-order valence-electron chi connectivity index (χ1n) is 25.5. The molecule has 0 spiro atoms. The Morgan fingerprint density at radius 2 is 1.64 bits per heavy atom. The number of carbonyl (C=O) groups is 4. The number of aromatic nitrogens is 2. The lowest BCUT2D eigenvalue weighted by Crippen LogP contribution is -2.61. The van der Waals surface area contributed by atoms with Gasteiger partial charge in [0.25, 0.3) is 11.7 Å². The van der Waals surface area contributed by atoms with Gasteiger partial charge in [-0.15, -0.1) is 0 Å². The highest BCUT2D eigenvalue weighted by atomic mass is 16.6. The molecule has 5 rings (SSSR count). The van der Waals surface area contributed by atoms with Gasteiger partial charge in [0.2, 0.25) is 5.79 Å². The summed E-state index contributed by atoms with van der Waals surface area (Å²) in [4.78, 5) is 67.0. The Labute approximate surface area is 410 Å². The number of fused-ring (bicyclic) bond motifs is 3. The van der Waals surface area contributed by atoms with Crippen molar-refractivity contribution in [1.82, 2.24) is 14.9 Å². The van der Waals surface area contributed by atoms with Gasteiger partial charge in [-0.1, -0.05) is 76.6 Å². The molecule has 0 unspecified atom stereocenters. The van der Waals surface area contributed by atoms with Gasteiger partial charge in [-0.2, -0.15) is 0 Å². The number of Topliss-reactive ketones (excluding diaryl/α,β-unsaturated/α-hetero) is 2. The molecule has 1 saturated carbocycles. The summed E-state index contributed by atoms with van der Waals surface area (Å²) >= 11 is 0. The standard InChI is InChI=1S/C54H82N4O11/c1-33-15-11-10-12-16-35(3)42(57-47-32-55-24-25-56-47)31-41-21-19-39(7)54(65,69-41)51(62)52(63)58-26-14-13-17-43(58)53(64)68-45(36(4)29-40-20-22-44(59)46(30-40)66-8)23-18-34(2)28-38(6)49(61)50(67-9)48(60)37(5)27-33/h10-12,15-16,24-25,28,32-34,36-37,39-46,49-50,59,61,65H,13-14,17-23,26-27,29-31H2,1-9H3,(H,56,57)/b12-10+,15-11+,35-16+,38-28+/t33-,34+,36-,37-,39-,40-,41+,42-,43+,44-,45+,46-,49-,50+,54-/m1/s1. The average molecular weight is 963 g/mol. The normalized spacial score (nSPS) is 38.6. The molecule has 4 heterocycles. The van der Waals surface area contributed by atoms with Crippen molar-refractivity contribution in [2.75, 3.05) is 26.1 Å². The van der Waals surface area contributed by atoms with E-state index in [0.29, 0.717) is 88.4 Å². The Kier molecular flexibility index (Phi) is 21.3. The summed E-state index contributed by atoms with van der Waals surface area (Å²) in [6, 6.07) is -1.40. The van der Waals surface area contributed by atoms with Gasteiger partial charge in [-0.05, 0) is 127 Å². The van der Waals surface area contributed by atoms with E-state index in [9.17, 15) is 34.5 Å². The van der Waals surface area contributed by atoms with Crippen molar-refractivity contribution in [3.8, 4) is 0 Å². The first-order chi connectivity index (χ1) is 32.9. The Morgan fingerprint density at radius 3 is 2.35 bits per heavy atom. The van der Waals surface area contributed by atoms with E-state index in [1.807, 2.05) is 64.2 Å². The number of aliphatic hydroxyl groups is 3. The van der Waals surface area contributed by atoms with Crippen molar-refractivity contribution in [3.05, 3.63) is 66.2 Å². The molecule has 2 bridgehead atoms. The zero-order valence-electron chi connectivity index (χ0n) is 42.6. The second-order valence-corrected chi connectivity index (χ2v) is 20.7. The number of allylic oxidation sites excluding steroid dienone is 6. The van der Waals surface area contributed by atoms with Crippen LogP contribution in [-0.4, -0.2) is 129 Å². The fourth-order valence-corrected chi connectivity index (χ4v) is 10.8. The third kappa shape index (κ3) is 15.2. The maximum Gasteiger partial charge on any atom is 0.329 e. The number of esters is 1. The zero-order chi connectivity index (χ0) is 50.4. The fraction of sp³-hybridized carbons (Fsp3) is 0.704. The van der Waals surface area contributed by atoms with E-state index in [-0.39, 0.29) is 54.1 Å². The minimum atomic E-state index is -2.42. The molecular weight excluding hydrogens is 881 g/mol. The summed E-state index contributed by atoms with van der Waals surface area (Å²) in [7, 11) is 3.05. The predicted molar refractivity (Wildman–Crippen MR) is 263 cm³/mol. The fourth-order valence-electron chi connectivity index (χ4n) is 10.8. The molecule has 69 heavy (non-hydrogen) atoms. The van der Waals surface area contributed by atoms with Gasteiger partial charge in [0, 0.05) is 45.0 Å². The predicted octanol–water partition coefficient (Wildman–Crippen LogP) is 7.26. The molecule has 0 radical (unpaired) electrons. The van der Waals surface area contributed by atoms with E-state index in [1.165, 1.54) is 12.0 Å². The average Bonchev–Trinajstić information content (AvgIpc) is 3.33. The minimum absolute atomic E-state index is 0.0441. The first-order valence-corrected chi connectivity index (χ1v) is 25.5. The van der Waals surface area contributed by atoms with Crippen molar-refractivity contribution in [1.29, 1.82) is 0 Å². The zero-order valence-corrected chi connectivity index (χ0v) is 42.6. The van der Waals surface area contributed by atoms with Crippen molar-refractivity contribution in [2.45, 2.75) is 186 Å². The molecule has 0 aromatic carbocycles. The molecule has 15 heteroatoms. The van der Waals surface area contributed by atoms with E-state index < -0.39 is 65.9 Å². The van der Waals surface area contributed by atoms with Crippen LogP contribution in [0.15, 0.2) is 66.2 Å². The Hall–Kier alpha value is -4.12. The number of nitrogens with one attached hydrogen (secondary N) is 1. The van der Waals surface area contributed by atoms with Crippen molar-refractivity contribution < 1.29 is 53.4 Å². The van der Waals surface area contributed by atoms with Crippen LogP contribution in [0, 0.1) is 35.5 Å². The monoisotopic (exact) mass is 963 g/mol. The van der Waals surface area contributed by atoms with Crippen molar-refractivity contribution in [2.24, 2.45) is 35.5 Å². The number of amides is 1. The van der Waals surface area contributed by atoms with Crippen LogP contribution in [-0.2, 0) is 38.1 Å². The smallest absolute Gasteiger partial charge is 0.329 e. The number of anilines is 1. The van der Waals surface area contributed by atoms with E-state index in [0.717, 1.165) is 12.0 Å². The first kappa shape index (κ1) is 55.8. The molecule has 1 aromatic rings. The SMILES string of the molecule is CO[C@@H]1C[C@@H](C[C@@H](C)[C@@H]2CC[C@H](C)/C=C(\C)[C@@H](O)[C@@H](OC)C(=O)[C@H](C)C[C@H](C)/C=C/C=C/C=C(\C)[C@H](Nc3cnccn3)C[C@@H]3CC[C@@H](C)[C@@](O)(O3)C(=O)C(=O)N3CCCC[C@H]3C(=O)O2)CC[C@H]1O. The Morgan fingerprint density at radius 1 is 0.870 bits per heavy atom. The molecule has 1 aliphatic carbocycles. The van der Waals surface area contributed by atoms with Crippen LogP contribution in [0.1, 0.15) is 132 Å². The number of methoxy groups -OCH3 is 2. The van der Waals surface area contributed by atoms with Crippen LogP contribution < -0.4 is 5.32 Å². The lowest BCUT2D eigenvalue weighted by atomic mass is 9.78. The van der Waals surface area contributed by atoms with Crippen LogP contribution in [0.25, 0.3) is 0 Å². The number of cyclic esters (lactones) is 1. The van der Waals surface area contributed by atoms with Gasteiger partial charge in [0.15, 0.2) is 5.78 Å². The molecule has 15 atom stereocenters. The number of rotatable bonds is 7. The van der Waals surface area contributed by atoms with E-state index in [1.54, 1.807) is 39.5 Å². The van der Waals surface area contributed by atoms with Gasteiger partial charge >= 0.3 is 5.97 Å². The Bertz CT molecular complexity index is 1970. The second kappa shape index (κ2) is 26.4. The lowest BCUT2D eigenvalue weighted by molar-refractivity contribution is -0.263. The number of ketones is 2. The summed E-state index contributed by atoms with van der Waals surface area (Å²) < 4.78 is 24.0. The number of hydrogen-bond donors (Lipinski definition) is 4. The summed E-state index contributed by atoms with van der Waals surface area (Å²) in [5.41, 5.74) is 1.52. The highest BCUT2D eigenvalue weighted by Gasteiger charge is 2.53. The van der Waals surface area contributed by atoms with Crippen LogP contribution >= 0.6 is 0 Å². The summed E-state index contributed by atoms with van der Waals surface area (Å²) in [6.45, 7) is 13.6. The summed E-state index contributed by atoms with van der Waals surface area (Å²) in [5.74, 6) is -5.75. The van der Waals surface area contributed by atoms with Gasteiger partial charge < -0.3 is 44.5 Å². The number of carbonyl (C=O) groups excluding carboxylic acids is 4. The van der Waals surface area contributed by atoms with Crippen LogP contribution in [0.4, 0.5) is 5.82 Å². The van der Waals surface area contributed by atoms with E-state index in [2.05, 4.69) is 22.2 Å². The molecule has 4 aliphatic rings. The summed E-state index contributed by atoms with van der Waals surface area (Å²) in [5, 5.41) is 37.6. The van der Waals surface area contributed by atoms with E-state index in [4.69, 9.17) is 18.9 Å². The molecule has 384 valence electrons.